The molecule has 1 heterocycles. The van der Waals surface area contributed by atoms with E-state index in [4.69, 9.17) is 11.6 Å². The van der Waals surface area contributed by atoms with Crippen LogP contribution in [0.5, 0.6) is 0 Å². The number of rotatable bonds is 8. The molecule has 0 bridgehead atoms. The van der Waals surface area contributed by atoms with Gasteiger partial charge in [-0.05, 0) is 31.0 Å². The maximum absolute atomic E-state index is 12.4. The van der Waals surface area contributed by atoms with Crippen LogP contribution in [-0.2, 0) is 9.59 Å². The van der Waals surface area contributed by atoms with Gasteiger partial charge in [0, 0.05) is 42.8 Å². The van der Waals surface area contributed by atoms with Gasteiger partial charge in [-0.15, -0.1) is 0 Å². The van der Waals surface area contributed by atoms with Crippen LogP contribution in [0.15, 0.2) is 24.3 Å². The van der Waals surface area contributed by atoms with Crippen molar-refractivity contribution in [3.8, 4) is 0 Å². The summed E-state index contributed by atoms with van der Waals surface area (Å²) in [6.07, 6.45) is 3.84. The molecule has 1 fully saturated rings. The Morgan fingerprint density at radius 3 is 2.54 bits per heavy atom. The van der Waals surface area contributed by atoms with Crippen LogP contribution in [0.1, 0.15) is 39.5 Å². The molecule has 6 heteroatoms. The SMILES string of the molecule is CCCCC(CC)C(=O)NCC(=O)N1CCN(c2cccc(Cl)c2)CC1. The van der Waals surface area contributed by atoms with Crippen molar-refractivity contribution < 1.29 is 9.59 Å². The summed E-state index contributed by atoms with van der Waals surface area (Å²) in [6, 6.07) is 7.77. The topological polar surface area (TPSA) is 52.7 Å². The summed E-state index contributed by atoms with van der Waals surface area (Å²) in [5.74, 6) is 0.0173. The van der Waals surface area contributed by atoms with Gasteiger partial charge in [0.15, 0.2) is 0 Å². The lowest BCUT2D eigenvalue weighted by atomic mass is 9.98. The van der Waals surface area contributed by atoms with E-state index < -0.39 is 0 Å². The van der Waals surface area contributed by atoms with Gasteiger partial charge in [0.1, 0.15) is 0 Å². The van der Waals surface area contributed by atoms with Gasteiger partial charge in [0.2, 0.25) is 11.8 Å². The Morgan fingerprint density at radius 2 is 1.92 bits per heavy atom. The zero-order valence-corrected chi connectivity index (χ0v) is 16.6. The van der Waals surface area contributed by atoms with E-state index in [-0.39, 0.29) is 24.3 Å². The molecule has 0 aromatic heterocycles. The van der Waals surface area contributed by atoms with Crippen LogP contribution in [0.25, 0.3) is 0 Å². The van der Waals surface area contributed by atoms with Crippen LogP contribution >= 0.6 is 11.6 Å². The first-order valence-electron chi connectivity index (χ1n) is 9.61. The molecule has 0 saturated carbocycles. The van der Waals surface area contributed by atoms with E-state index in [9.17, 15) is 9.59 Å². The molecule has 1 aliphatic rings. The molecular weight excluding hydrogens is 350 g/mol. The fourth-order valence-corrected chi connectivity index (χ4v) is 3.46. The summed E-state index contributed by atoms with van der Waals surface area (Å²) in [5, 5.41) is 3.55. The molecule has 2 rings (SSSR count). The Hall–Kier alpha value is -1.75. The van der Waals surface area contributed by atoms with Crippen molar-refractivity contribution in [2.24, 2.45) is 5.92 Å². The highest BCUT2D eigenvalue weighted by atomic mass is 35.5. The highest BCUT2D eigenvalue weighted by molar-refractivity contribution is 6.30. The number of nitrogens with zero attached hydrogens (tertiary/aromatic N) is 2. The number of hydrogen-bond acceptors (Lipinski definition) is 3. The molecule has 144 valence electrons. The third kappa shape index (κ3) is 5.90. The quantitative estimate of drug-likeness (QED) is 0.753. The second-order valence-electron chi connectivity index (χ2n) is 6.81. The van der Waals surface area contributed by atoms with Crippen molar-refractivity contribution in [3.63, 3.8) is 0 Å². The molecule has 0 radical (unpaired) electrons. The van der Waals surface area contributed by atoms with E-state index >= 15 is 0 Å². The van der Waals surface area contributed by atoms with Crippen molar-refractivity contribution in [1.82, 2.24) is 10.2 Å². The number of benzene rings is 1. The number of anilines is 1. The first-order chi connectivity index (χ1) is 12.5. The maximum Gasteiger partial charge on any atom is 0.242 e. The molecule has 2 amide bonds. The van der Waals surface area contributed by atoms with E-state index in [1.165, 1.54) is 0 Å². The Balaban J connectivity index is 1.76. The van der Waals surface area contributed by atoms with Crippen LogP contribution in [0.4, 0.5) is 5.69 Å². The third-order valence-corrected chi connectivity index (χ3v) is 5.22. The molecule has 0 spiro atoms. The lowest BCUT2D eigenvalue weighted by Gasteiger charge is -2.36. The highest BCUT2D eigenvalue weighted by Crippen LogP contribution is 2.20. The predicted octanol–water partition coefficient (Wildman–Crippen LogP) is 3.32. The number of halogens is 1. The second-order valence-corrected chi connectivity index (χ2v) is 7.25. The molecular formula is C20H30ClN3O2. The molecule has 5 nitrogen and oxygen atoms in total. The van der Waals surface area contributed by atoms with Gasteiger partial charge < -0.3 is 15.1 Å². The first-order valence-corrected chi connectivity index (χ1v) is 9.99. The lowest BCUT2D eigenvalue weighted by Crippen LogP contribution is -2.51. The van der Waals surface area contributed by atoms with Crippen LogP contribution in [0.2, 0.25) is 5.02 Å². The number of hydrogen-bond donors (Lipinski definition) is 1. The van der Waals surface area contributed by atoms with Crippen LogP contribution in [0, 0.1) is 5.92 Å². The average Bonchev–Trinajstić information content (AvgIpc) is 2.66. The van der Waals surface area contributed by atoms with Crippen molar-refractivity contribution in [2.75, 3.05) is 37.6 Å². The van der Waals surface area contributed by atoms with Crippen LogP contribution < -0.4 is 10.2 Å². The van der Waals surface area contributed by atoms with E-state index in [0.717, 1.165) is 49.5 Å². The van der Waals surface area contributed by atoms with E-state index in [0.29, 0.717) is 13.1 Å². The van der Waals surface area contributed by atoms with Crippen LogP contribution in [0.3, 0.4) is 0 Å². The van der Waals surface area contributed by atoms with Crippen molar-refractivity contribution >= 4 is 29.1 Å². The fourth-order valence-electron chi connectivity index (χ4n) is 3.28. The van der Waals surface area contributed by atoms with Gasteiger partial charge in [0.25, 0.3) is 0 Å². The summed E-state index contributed by atoms with van der Waals surface area (Å²) in [5.41, 5.74) is 1.08. The molecule has 1 N–H and O–H groups in total. The summed E-state index contributed by atoms with van der Waals surface area (Å²) in [4.78, 5) is 28.7. The largest absolute Gasteiger partial charge is 0.368 e. The van der Waals surface area contributed by atoms with Crippen LogP contribution in [-0.4, -0.2) is 49.4 Å². The third-order valence-electron chi connectivity index (χ3n) is 4.99. The van der Waals surface area contributed by atoms with Gasteiger partial charge in [-0.3, -0.25) is 9.59 Å². The Morgan fingerprint density at radius 1 is 1.19 bits per heavy atom. The second kappa shape index (κ2) is 10.4. The van der Waals surface area contributed by atoms with Gasteiger partial charge in [-0.1, -0.05) is 44.4 Å². The predicted molar refractivity (Wildman–Crippen MR) is 107 cm³/mol. The molecule has 1 saturated heterocycles. The summed E-state index contributed by atoms with van der Waals surface area (Å²) in [7, 11) is 0. The van der Waals surface area contributed by atoms with Gasteiger partial charge in [-0.2, -0.15) is 0 Å². The summed E-state index contributed by atoms with van der Waals surface area (Å²) in [6.45, 7) is 7.11. The van der Waals surface area contributed by atoms with Gasteiger partial charge in [-0.25, -0.2) is 0 Å². The molecule has 26 heavy (non-hydrogen) atoms. The Kier molecular flexibility index (Phi) is 8.23. The summed E-state index contributed by atoms with van der Waals surface area (Å²) >= 11 is 6.05. The number of nitrogens with one attached hydrogen (secondary N) is 1. The van der Waals surface area contributed by atoms with Gasteiger partial charge >= 0.3 is 0 Å². The van der Waals surface area contributed by atoms with Crippen molar-refractivity contribution in [3.05, 3.63) is 29.3 Å². The number of carbonyl (C=O) groups is 2. The minimum Gasteiger partial charge on any atom is -0.368 e. The number of amides is 2. The Bertz CT molecular complexity index is 600. The van der Waals surface area contributed by atoms with Gasteiger partial charge in [0.05, 0.1) is 6.54 Å². The molecule has 1 aromatic carbocycles. The normalized spacial score (nSPS) is 15.7. The molecule has 1 aliphatic heterocycles. The number of carbonyl (C=O) groups excluding carboxylic acids is 2. The molecule has 1 aromatic rings. The fraction of sp³-hybridized carbons (Fsp3) is 0.600. The Labute approximate surface area is 161 Å². The lowest BCUT2D eigenvalue weighted by molar-refractivity contribution is -0.134. The first kappa shape index (κ1) is 20.6. The van der Waals surface area contributed by atoms with Crippen molar-refractivity contribution in [1.29, 1.82) is 0 Å². The zero-order valence-electron chi connectivity index (χ0n) is 15.8. The molecule has 0 aliphatic carbocycles. The number of piperazine rings is 1. The molecule has 1 atom stereocenters. The molecule has 1 unspecified atom stereocenters. The van der Waals surface area contributed by atoms with Crippen molar-refractivity contribution in [2.45, 2.75) is 39.5 Å². The number of unbranched alkanes of at least 4 members (excludes halogenated alkanes) is 1. The minimum atomic E-state index is -0.00515. The van der Waals surface area contributed by atoms with E-state index in [2.05, 4.69) is 17.1 Å². The minimum absolute atomic E-state index is 0.00515. The smallest absolute Gasteiger partial charge is 0.242 e. The maximum atomic E-state index is 12.4. The highest BCUT2D eigenvalue weighted by Gasteiger charge is 2.23. The zero-order chi connectivity index (χ0) is 18.9. The summed E-state index contributed by atoms with van der Waals surface area (Å²) < 4.78 is 0. The monoisotopic (exact) mass is 379 g/mol. The van der Waals surface area contributed by atoms with E-state index in [1.54, 1.807) is 0 Å². The average molecular weight is 380 g/mol. The van der Waals surface area contributed by atoms with E-state index in [1.807, 2.05) is 36.1 Å². The standard InChI is InChI=1S/C20H30ClN3O2/c1-3-5-7-16(4-2)20(26)22-15-19(25)24-12-10-23(11-13-24)18-9-6-8-17(21)14-18/h6,8-9,14,16H,3-5,7,10-13,15H2,1-2H3,(H,22,26).